The van der Waals surface area contributed by atoms with Crippen molar-refractivity contribution in [3.63, 3.8) is 0 Å². The molecule has 0 spiro atoms. The monoisotopic (exact) mass is 856 g/mol. The molecule has 0 unspecified atom stereocenters. The van der Waals surface area contributed by atoms with Crippen LogP contribution in [0.1, 0.15) is 103 Å². The molecule has 0 fully saturated rings. The van der Waals surface area contributed by atoms with Gasteiger partial charge in [0.15, 0.2) is 11.4 Å². The van der Waals surface area contributed by atoms with E-state index in [2.05, 4.69) is 15.0 Å². The Hall–Kier alpha value is -4.52. The van der Waals surface area contributed by atoms with Gasteiger partial charge in [-0.25, -0.2) is 15.0 Å². The number of cyclic esters (lactones) is 1. The molecule has 17 nitrogen and oxygen atoms in total. The Kier molecular flexibility index (Phi) is 19.5. The molecule has 1 aliphatic heterocycles. The number of nitrogens with zero attached hydrogens (tertiary/aromatic N) is 4. The van der Waals surface area contributed by atoms with Gasteiger partial charge in [0.05, 0.1) is 36.9 Å². The van der Waals surface area contributed by atoms with Crippen molar-refractivity contribution in [3.05, 3.63) is 48.7 Å². The van der Waals surface area contributed by atoms with Crippen LogP contribution < -0.4 is 0 Å². The van der Waals surface area contributed by atoms with Crippen molar-refractivity contribution < 1.29 is 61.9 Å². The number of esters is 1. The minimum Gasteiger partial charge on any atom is -0.462 e. The number of ether oxygens (including phenoxy) is 4. The summed E-state index contributed by atoms with van der Waals surface area (Å²) in [5.41, 5.74) is 1.07. The fraction of sp³-hybridized carbons (Fsp3) is 0.636. The van der Waals surface area contributed by atoms with Crippen molar-refractivity contribution in [1.29, 1.82) is 0 Å². The molecule has 3 aromatic rings. The van der Waals surface area contributed by atoms with Crippen LogP contribution in [0.25, 0.3) is 29.2 Å². The third-order valence-electron chi connectivity index (χ3n) is 11.5. The summed E-state index contributed by atoms with van der Waals surface area (Å²) in [4.78, 5) is 52.4. The zero-order valence-corrected chi connectivity index (χ0v) is 36.5. The van der Waals surface area contributed by atoms with Gasteiger partial charge >= 0.3 is 5.97 Å². The number of aliphatic hydroxyl groups excluding tert-OH is 3. The highest BCUT2D eigenvalue weighted by Gasteiger charge is 2.33. The van der Waals surface area contributed by atoms with Crippen molar-refractivity contribution in [2.45, 2.75) is 128 Å². The molecule has 6 bridgehead atoms. The Morgan fingerprint density at radius 1 is 0.951 bits per heavy atom. The zero-order chi connectivity index (χ0) is 44.6. The molecule has 1 amide bonds. The highest BCUT2D eigenvalue weighted by Crippen LogP contribution is 2.33. The molecule has 338 valence electrons. The van der Waals surface area contributed by atoms with Crippen molar-refractivity contribution in [2.75, 3.05) is 28.4 Å². The van der Waals surface area contributed by atoms with E-state index in [1.165, 1.54) is 30.8 Å². The number of allylic oxidation sites excluding steroid dienone is 1. The van der Waals surface area contributed by atoms with Gasteiger partial charge in [-0.15, -0.1) is 0 Å². The Morgan fingerprint density at radius 2 is 1.64 bits per heavy atom. The summed E-state index contributed by atoms with van der Waals surface area (Å²) in [6.45, 7) is 7.55. The molecule has 1 aliphatic rings. The predicted molar refractivity (Wildman–Crippen MR) is 222 cm³/mol. The smallest absolute Gasteiger partial charge is 0.308 e. The molecule has 11 atom stereocenters. The minimum absolute atomic E-state index is 0.0427. The predicted octanol–water partition coefficient (Wildman–Crippen LogP) is 5.95. The number of methoxy groups -OCH3 is 3. The summed E-state index contributed by atoms with van der Waals surface area (Å²) in [7, 11) is 6.25. The van der Waals surface area contributed by atoms with E-state index in [1.54, 1.807) is 46.5 Å². The Balaban J connectivity index is 1.49. The van der Waals surface area contributed by atoms with Crippen LogP contribution in [0.4, 0.5) is 0 Å². The summed E-state index contributed by atoms with van der Waals surface area (Å²) in [5, 5.41) is 32.9. The lowest BCUT2D eigenvalue weighted by Crippen LogP contribution is -2.35. The normalized spacial score (nSPS) is 26.0. The zero-order valence-electron chi connectivity index (χ0n) is 36.5. The van der Waals surface area contributed by atoms with Gasteiger partial charge < -0.3 is 52.4 Å². The number of hydrogen-bond acceptors (Lipinski definition) is 16. The van der Waals surface area contributed by atoms with Gasteiger partial charge in [-0.1, -0.05) is 39.8 Å². The SMILES string of the molecule is CO[C@@H](C[C@@H]1OC(=O)C[C@@H](O)C[C@H](O)C[C@H](O)[C@H](C)[C@@H](OC)c2coc(n2)-c2coc(n2)-c2coc(n2)/C=C/CC[C@H]1C)[C@@H](C)CCC(=O)[C@H](C)[C@@H](C/C=C/N(C)C=O)OC. The van der Waals surface area contributed by atoms with E-state index in [4.69, 9.17) is 32.2 Å². The molecule has 0 saturated carbocycles. The molecular formula is C44H64N4O13. The average Bonchev–Trinajstić information content (AvgIpc) is 4.03. The highest BCUT2D eigenvalue weighted by molar-refractivity contribution is 5.81. The topological polar surface area (TPSA) is 230 Å². The van der Waals surface area contributed by atoms with Crippen molar-refractivity contribution in [1.82, 2.24) is 19.9 Å². The molecule has 4 heterocycles. The van der Waals surface area contributed by atoms with Gasteiger partial charge in [-0.2, -0.15) is 0 Å². The number of hydrogen-bond donors (Lipinski definition) is 3. The number of carbonyl (C=O) groups is 3. The first-order chi connectivity index (χ1) is 29.2. The molecule has 17 heteroatoms. The fourth-order valence-electron chi connectivity index (χ4n) is 7.50. The van der Waals surface area contributed by atoms with E-state index in [9.17, 15) is 29.7 Å². The number of carbonyl (C=O) groups excluding carboxylic acids is 3. The van der Waals surface area contributed by atoms with Crippen LogP contribution in [0.2, 0.25) is 0 Å². The molecule has 3 aromatic heterocycles. The van der Waals surface area contributed by atoms with Crippen LogP contribution in [0.5, 0.6) is 0 Å². The van der Waals surface area contributed by atoms with E-state index < -0.39 is 42.4 Å². The molecular weight excluding hydrogens is 792 g/mol. The van der Waals surface area contributed by atoms with Crippen LogP contribution in [0, 0.1) is 23.7 Å². The summed E-state index contributed by atoms with van der Waals surface area (Å²) < 4.78 is 40.2. The van der Waals surface area contributed by atoms with Crippen LogP contribution in [-0.4, -0.2) is 118 Å². The van der Waals surface area contributed by atoms with Crippen molar-refractivity contribution in [2.24, 2.45) is 23.7 Å². The second-order valence-corrected chi connectivity index (χ2v) is 16.2. The van der Waals surface area contributed by atoms with Crippen LogP contribution in [-0.2, 0) is 33.3 Å². The maximum Gasteiger partial charge on any atom is 0.308 e. The number of aromatic nitrogens is 3. The quantitative estimate of drug-likeness (QED) is 0.118. The largest absolute Gasteiger partial charge is 0.462 e. The average molecular weight is 857 g/mol. The van der Waals surface area contributed by atoms with E-state index in [-0.39, 0.29) is 66.8 Å². The molecule has 3 N–H and O–H groups in total. The lowest BCUT2D eigenvalue weighted by molar-refractivity contribution is -0.157. The lowest BCUT2D eigenvalue weighted by atomic mass is 9.86. The number of Topliss-reactive ketones (excluding diaryl/α,β-unsaturated/α-hetero) is 1. The third kappa shape index (κ3) is 14.5. The first-order valence-electron chi connectivity index (χ1n) is 20.9. The maximum absolute atomic E-state index is 13.4. The number of fused-ring (bicyclic) bond motifs is 8. The number of ketones is 1. The van der Waals surface area contributed by atoms with E-state index in [1.807, 2.05) is 26.8 Å². The number of oxazole rings is 3. The minimum atomic E-state index is -1.24. The number of amides is 1. The Morgan fingerprint density at radius 3 is 2.34 bits per heavy atom. The van der Waals surface area contributed by atoms with Gasteiger partial charge in [0.1, 0.15) is 42.5 Å². The summed E-state index contributed by atoms with van der Waals surface area (Å²) >= 11 is 0. The fourth-order valence-corrected chi connectivity index (χ4v) is 7.50. The van der Waals surface area contributed by atoms with Crippen LogP contribution in [0.15, 0.2) is 50.4 Å². The first kappa shape index (κ1) is 49.1. The lowest BCUT2D eigenvalue weighted by Gasteiger charge is -2.31. The van der Waals surface area contributed by atoms with E-state index in [0.29, 0.717) is 67.9 Å². The Bertz CT molecular complexity index is 1850. The van der Waals surface area contributed by atoms with Gasteiger partial charge in [0.25, 0.3) is 0 Å². The second-order valence-electron chi connectivity index (χ2n) is 16.2. The van der Waals surface area contributed by atoms with Gasteiger partial charge in [0.2, 0.25) is 24.1 Å². The van der Waals surface area contributed by atoms with Crippen molar-refractivity contribution in [3.8, 4) is 23.2 Å². The maximum atomic E-state index is 13.4. The molecule has 0 aromatic carbocycles. The highest BCUT2D eigenvalue weighted by atomic mass is 16.5. The number of rotatable bonds is 15. The van der Waals surface area contributed by atoms with Gasteiger partial charge in [-0.3, -0.25) is 14.4 Å². The van der Waals surface area contributed by atoms with E-state index in [0.717, 1.165) is 0 Å². The number of aliphatic hydroxyl groups is 3. The molecule has 0 aliphatic carbocycles. The summed E-state index contributed by atoms with van der Waals surface area (Å²) in [6, 6.07) is 0. The van der Waals surface area contributed by atoms with Crippen LogP contribution >= 0.6 is 0 Å². The van der Waals surface area contributed by atoms with Crippen LogP contribution in [0.3, 0.4) is 0 Å². The molecule has 4 rings (SSSR count). The molecule has 61 heavy (non-hydrogen) atoms. The van der Waals surface area contributed by atoms with Crippen molar-refractivity contribution >= 4 is 24.2 Å². The third-order valence-corrected chi connectivity index (χ3v) is 11.5. The summed E-state index contributed by atoms with van der Waals surface area (Å²) in [6.07, 6.45) is 8.65. The van der Waals surface area contributed by atoms with E-state index >= 15 is 0 Å². The first-order valence-corrected chi connectivity index (χ1v) is 20.9. The van der Waals surface area contributed by atoms with Gasteiger partial charge in [-0.05, 0) is 56.4 Å². The standard InChI is InChI=1S/C44H64N4O13/c1-26-12-9-10-14-40-45-33(23-58-40)43-47-34(24-60-43)44-46-32(22-59-44)42(57-8)29(4)36(53)19-30(50)18-31(51)20-41(54)61-39(26)21-38(56-7)27(2)15-16-35(52)28(3)37(55-6)13-11-17-48(5)25-49/h10-11,14,17,22-31,36-39,42,50-51,53H,9,12-13,15-16,18-21H2,1-8H3/b14-10+,17-11+/t26-,27+,28+,29+,30+,31+,36+,37-,38+,39+,42-/m1/s1. The molecule has 0 saturated heterocycles. The van der Waals surface area contributed by atoms with Gasteiger partial charge in [0, 0.05) is 59.3 Å². The second kappa shape index (κ2) is 24.2. The Labute approximate surface area is 357 Å². The molecule has 0 radical (unpaired) electrons. The summed E-state index contributed by atoms with van der Waals surface area (Å²) in [5.74, 6) is -1.08.